The molecule has 1 atom stereocenters. The van der Waals surface area contributed by atoms with Gasteiger partial charge in [0.1, 0.15) is 10.8 Å². The first-order valence-corrected chi connectivity index (χ1v) is 12.5. The van der Waals surface area contributed by atoms with Crippen LogP contribution in [-0.4, -0.2) is 18.9 Å². The lowest BCUT2D eigenvalue weighted by atomic mass is 9.72. The molecule has 0 spiro atoms. The quantitative estimate of drug-likeness (QED) is 0.429. The fraction of sp³-hybridized carbons (Fsp3) is 0.357. The molecule has 0 saturated carbocycles. The molecule has 178 valence electrons. The van der Waals surface area contributed by atoms with E-state index in [9.17, 15) is 9.59 Å². The number of fused-ring (bicyclic) bond motifs is 1. The number of thiophene rings is 1. The number of hydrogen-bond donors (Lipinski definition) is 2. The number of hydrogen-bond acceptors (Lipinski definition) is 4. The number of carbonyl (C=O) groups is 2. The summed E-state index contributed by atoms with van der Waals surface area (Å²) in [4.78, 5) is 27.8. The molecule has 5 nitrogen and oxygen atoms in total. The van der Waals surface area contributed by atoms with Gasteiger partial charge in [0.2, 0.25) is 0 Å². The number of methoxy groups -OCH3 is 1. The maximum atomic E-state index is 13.6. The summed E-state index contributed by atoms with van der Waals surface area (Å²) in [7, 11) is 1.58. The topological polar surface area (TPSA) is 67.4 Å². The van der Waals surface area contributed by atoms with Crippen molar-refractivity contribution in [2.45, 2.75) is 47.0 Å². The van der Waals surface area contributed by atoms with E-state index < -0.39 is 0 Å². The first-order chi connectivity index (χ1) is 16.2. The lowest BCUT2D eigenvalue weighted by Gasteiger charge is -2.33. The molecule has 34 heavy (non-hydrogen) atoms. The van der Waals surface area contributed by atoms with Crippen LogP contribution in [0.25, 0.3) is 0 Å². The number of carbonyl (C=O) groups excluding carboxylic acids is 2. The molecule has 1 heterocycles. The van der Waals surface area contributed by atoms with Crippen molar-refractivity contribution in [2.75, 3.05) is 17.7 Å². The summed E-state index contributed by atoms with van der Waals surface area (Å²) in [6, 6.07) is 14.8. The van der Waals surface area contributed by atoms with Crippen molar-refractivity contribution in [3.63, 3.8) is 0 Å². The Kier molecular flexibility index (Phi) is 6.80. The van der Waals surface area contributed by atoms with Crippen molar-refractivity contribution < 1.29 is 14.3 Å². The van der Waals surface area contributed by atoms with Gasteiger partial charge in [-0.3, -0.25) is 9.59 Å². The van der Waals surface area contributed by atoms with Gasteiger partial charge in [-0.1, -0.05) is 50.6 Å². The third kappa shape index (κ3) is 5.02. The van der Waals surface area contributed by atoms with Crippen molar-refractivity contribution in [1.29, 1.82) is 0 Å². The second-order valence-electron chi connectivity index (χ2n) is 9.99. The molecule has 0 saturated heterocycles. The molecule has 1 aromatic heterocycles. The highest BCUT2D eigenvalue weighted by Gasteiger charge is 2.34. The molecule has 0 fully saturated rings. The number of para-hydroxylation sites is 2. The zero-order valence-corrected chi connectivity index (χ0v) is 21.3. The molecule has 2 amide bonds. The van der Waals surface area contributed by atoms with Crippen molar-refractivity contribution in [3.05, 3.63) is 75.7 Å². The standard InChI is InChI=1S/C28H32N2O3S/c1-17-9-8-10-18(15-17)25(31)30-27-24(26(32)29-21-11-6-7-12-22(21)33-5)20-14-13-19(28(2,3)4)16-23(20)34-27/h6-12,15,19H,13-14,16H2,1-5H3,(H,29,32)(H,30,31)/t19-/m1/s1. The molecule has 3 aromatic rings. The van der Waals surface area contributed by atoms with Crippen LogP contribution in [0.1, 0.15) is 63.9 Å². The van der Waals surface area contributed by atoms with E-state index in [1.54, 1.807) is 13.2 Å². The number of nitrogens with one attached hydrogen (secondary N) is 2. The molecule has 1 aliphatic carbocycles. The molecule has 4 rings (SSSR count). The minimum atomic E-state index is -0.226. The fourth-order valence-corrected chi connectivity index (χ4v) is 5.87. The Labute approximate surface area is 205 Å². The van der Waals surface area contributed by atoms with Gasteiger partial charge in [-0.25, -0.2) is 0 Å². The van der Waals surface area contributed by atoms with Gasteiger partial charge in [0, 0.05) is 10.4 Å². The van der Waals surface area contributed by atoms with Crippen LogP contribution < -0.4 is 15.4 Å². The van der Waals surface area contributed by atoms with Crippen LogP contribution in [0.5, 0.6) is 5.75 Å². The van der Waals surface area contributed by atoms with Gasteiger partial charge in [0.05, 0.1) is 18.4 Å². The SMILES string of the molecule is COc1ccccc1NC(=O)c1c(NC(=O)c2cccc(C)c2)sc2c1CC[C@@H](C(C)(C)C)C2. The summed E-state index contributed by atoms with van der Waals surface area (Å²) < 4.78 is 5.41. The van der Waals surface area contributed by atoms with Gasteiger partial charge < -0.3 is 15.4 Å². The van der Waals surface area contributed by atoms with Gasteiger partial charge in [-0.05, 0) is 67.3 Å². The third-order valence-electron chi connectivity index (χ3n) is 6.58. The lowest BCUT2D eigenvalue weighted by molar-refractivity contribution is 0.102. The van der Waals surface area contributed by atoms with E-state index >= 15 is 0 Å². The molecular formula is C28H32N2O3S. The van der Waals surface area contributed by atoms with Crippen molar-refractivity contribution in [1.82, 2.24) is 0 Å². The smallest absolute Gasteiger partial charge is 0.259 e. The van der Waals surface area contributed by atoms with E-state index in [0.29, 0.717) is 33.5 Å². The van der Waals surface area contributed by atoms with Gasteiger partial charge in [-0.2, -0.15) is 0 Å². The average Bonchev–Trinajstić information content (AvgIpc) is 3.16. The lowest BCUT2D eigenvalue weighted by Crippen LogP contribution is -2.27. The molecular weight excluding hydrogens is 444 g/mol. The van der Waals surface area contributed by atoms with Gasteiger partial charge in [0.25, 0.3) is 11.8 Å². The molecule has 6 heteroatoms. The highest BCUT2D eigenvalue weighted by molar-refractivity contribution is 7.17. The predicted octanol–water partition coefficient (Wildman–Crippen LogP) is 6.72. The zero-order chi connectivity index (χ0) is 24.5. The third-order valence-corrected chi connectivity index (χ3v) is 7.75. The zero-order valence-electron chi connectivity index (χ0n) is 20.5. The summed E-state index contributed by atoms with van der Waals surface area (Å²) in [5.41, 5.74) is 4.01. The minimum Gasteiger partial charge on any atom is -0.495 e. The van der Waals surface area contributed by atoms with Crippen LogP contribution in [0.3, 0.4) is 0 Å². The Bertz CT molecular complexity index is 1220. The number of ether oxygens (including phenoxy) is 1. The first-order valence-electron chi connectivity index (χ1n) is 11.6. The Balaban J connectivity index is 1.70. The van der Waals surface area contributed by atoms with E-state index in [0.717, 1.165) is 30.4 Å². The second-order valence-corrected chi connectivity index (χ2v) is 11.1. The van der Waals surface area contributed by atoms with Crippen LogP contribution in [0, 0.1) is 18.3 Å². The second kappa shape index (κ2) is 9.63. The molecule has 0 bridgehead atoms. The molecule has 0 radical (unpaired) electrons. The highest BCUT2D eigenvalue weighted by Crippen LogP contribution is 2.44. The Morgan fingerprint density at radius 2 is 1.79 bits per heavy atom. The molecule has 0 aliphatic heterocycles. The molecule has 2 aromatic carbocycles. The van der Waals surface area contributed by atoms with Crippen LogP contribution in [0.15, 0.2) is 48.5 Å². The number of aryl methyl sites for hydroxylation is 1. The normalized spacial score (nSPS) is 15.4. The number of benzene rings is 2. The maximum absolute atomic E-state index is 13.6. The Hall–Kier alpha value is -3.12. The highest BCUT2D eigenvalue weighted by atomic mass is 32.1. The average molecular weight is 477 g/mol. The Morgan fingerprint density at radius 3 is 2.50 bits per heavy atom. The first kappa shape index (κ1) is 24.0. The maximum Gasteiger partial charge on any atom is 0.259 e. The predicted molar refractivity (Wildman–Crippen MR) is 139 cm³/mol. The summed E-state index contributed by atoms with van der Waals surface area (Å²) in [5, 5.41) is 6.67. The summed E-state index contributed by atoms with van der Waals surface area (Å²) in [6.45, 7) is 8.77. The summed E-state index contributed by atoms with van der Waals surface area (Å²) >= 11 is 1.53. The van der Waals surface area contributed by atoms with E-state index in [1.807, 2.05) is 49.4 Å². The van der Waals surface area contributed by atoms with Gasteiger partial charge in [-0.15, -0.1) is 11.3 Å². The van der Waals surface area contributed by atoms with Crippen LogP contribution in [-0.2, 0) is 12.8 Å². The molecule has 2 N–H and O–H groups in total. The van der Waals surface area contributed by atoms with E-state index in [4.69, 9.17) is 4.74 Å². The van der Waals surface area contributed by atoms with Crippen LogP contribution >= 0.6 is 11.3 Å². The van der Waals surface area contributed by atoms with Crippen LogP contribution in [0.2, 0.25) is 0 Å². The number of rotatable bonds is 5. The monoisotopic (exact) mass is 476 g/mol. The number of anilines is 2. The molecule has 0 unspecified atom stereocenters. The molecule has 1 aliphatic rings. The van der Waals surface area contributed by atoms with Gasteiger partial charge >= 0.3 is 0 Å². The van der Waals surface area contributed by atoms with E-state index in [2.05, 4.69) is 31.4 Å². The fourth-order valence-electron chi connectivity index (χ4n) is 4.55. The van der Waals surface area contributed by atoms with Crippen LogP contribution in [0.4, 0.5) is 10.7 Å². The summed E-state index contributed by atoms with van der Waals surface area (Å²) in [5.74, 6) is 0.693. The summed E-state index contributed by atoms with van der Waals surface area (Å²) in [6.07, 6.45) is 2.76. The van der Waals surface area contributed by atoms with E-state index in [-0.39, 0.29) is 17.2 Å². The largest absolute Gasteiger partial charge is 0.495 e. The van der Waals surface area contributed by atoms with Crippen molar-refractivity contribution in [2.24, 2.45) is 11.3 Å². The van der Waals surface area contributed by atoms with Gasteiger partial charge in [0.15, 0.2) is 0 Å². The minimum absolute atomic E-state index is 0.187. The van der Waals surface area contributed by atoms with Crippen molar-refractivity contribution in [3.8, 4) is 5.75 Å². The number of amides is 2. The van der Waals surface area contributed by atoms with E-state index in [1.165, 1.54) is 16.2 Å². The Morgan fingerprint density at radius 1 is 1.03 bits per heavy atom. The van der Waals surface area contributed by atoms with Crippen molar-refractivity contribution >= 4 is 33.8 Å².